The number of hydrogen-bond acceptors (Lipinski definition) is 4. The fraction of sp³-hybridized carbons (Fsp3) is 0.714. The summed E-state index contributed by atoms with van der Waals surface area (Å²) in [7, 11) is 1.85. The molecule has 1 aliphatic rings. The second-order valence-corrected chi connectivity index (χ2v) is 5.57. The topological polar surface area (TPSA) is 73.4 Å². The van der Waals surface area contributed by atoms with Gasteiger partial charge in [0.05, 0.1) is 17.1 Å². The summed E-state index contributed by atoms with van der Waals surface area (Å²) >= 11 is 0. The van der Waals surface area contributed by atoms with E-state index in [4.69, 9.17) is 10.5 Å². The molecule has 2 rings (SSSR count). The molecule has 0 aromatic carbocycles. The molecule has 6 nitrogen and oxygen atoms in total. The number of nitrogen functional groups attached to an aromatic ring is 1. The van der Waals surface area contributed by atoms with E-state index in [-0.39, 0.29) is 12.5 Å². The molecule has 1 aromatic rings. The Bertz CT molecular complexity index is 478. The first-order valence-corrected chi connectivity index (χ1v) is 7.10. The molecule has 6 heteroatoms. The predicted molar refractivity (Wildman–Crippen MR) is 77.3 cm³/mol. The second kappa shape index (κ2) is 6.26. The molecule has 0 aliphatic carbocycles. The first-order valence-electron chi connectivity index (χ1n) is 7.10. The Labute approximate surface area is 119 Å². The van der Waals surface area contributed by atoms with E-state index in [0.717, 1.165) is 44.0 Å². The normalized spacial score (nSPS) is 16.4. The van der Waals surface area contributed by atoms with E-state index in [9.17, 15) is 4.79 Å². The van der Waals surface area contributed by atoms with Crippen molar-refractivity contribution in [2.75, 3.05) is 32.5 Å². The molecule has 0 atom stereocenters. The van der Waals surface area contributed by atoms with Crippen molar-refractivity contribution >= 4 is 11.6 Å². The van der Waals surface area contributed by atoms with Crippen LogP contribution in [0.15, 0.2) is 0 Å². The molecule has 0 radical (unpaired) electrons. The van der Waals surface area contributed by atoms with Gasteiger partial charge in [0.15, 0.2) is 0 Å². The minimum absolute atomic E-state index is 0.0714. The van der Waals surface area contributed by atoms with E-state index in [1.807, 2.05) is 20.9 Å². The molecular formula is C14H24N4O2. The van der Waals surface area contributed by atoms with Crippen LogP contribution >= 0.6 is 0 Å². The summed E-state index contributed by atoms with van der Waals surface area (Å²) in [5.41, 5.74) is 8.19. The number of carbonyl (C=O) groups is 1. The zero-order valence-electron chi connectivity index (χ0n) is 12.6. The van der Waals surface area contributed by atoms with Crippen LogP contribution in [-0.4, -0.2) is 47.4 Å². The highest BCUT2D eigenvalue weighted by atomic mass is 16.5. The van der Waals surface area contributed by atoms with Gasteiger partial charge in [-0.25, -0.2) is 0 Å². The Kier molecular flexibility index (Phi) is 4.65. The molecule has 0 unspecified atom stereocenters. The lowest BCUT2D eigenvalue weighted by Gasteiger charge is -2.27. The minimum Gasteiger partial charge on any atom is -0.396 e. The highest BCUT2D eigenvalue weighted by Crippen LogP contribution is 2.17. The van der Waals surface area contributed by atoms with Crippen LogP contribution in [-0.2, 0) is 16.1 Å². The van der Waals surface area contributed by atoms with Gasteiger partial charge in [0.2, 0.25) is 5.91 Å². The molecule has 2 N–H and O–H groups in total. The quantitative estimate of drug-likeness (QED) is 0.892. The van der Waals surface area contributed by atoms with Crippen LogP contribution in [0.25, 0.3) is 0 Å². The van der Waals surface area contributed by atoms with E-state index >= 15 is 0 Å². The number of likely N-dealkylation sites (N-methyl/N-ethyl adjacent to an activating group) is 1. The number of aryl methyl sites for hydroxylation is 1. The van der Waals surface area contributed by atoms with Crippen molar-refractivity contribution in [2.24, 2.45) is 5.92 Å². The summed E-state index contributed by atoms with van der Waals surface area (Å²) in [6.07, 6.45) is 2.06. The number of nitrogens with two attached hydrogens (primary N) is 1. The van der Waals surface area contributed by atoms with Gasteiger partial charge >= 0.3 is 0 Å². The SMILES string of the molecule is Cc1nn(CC(=O)N(C)CC2CCOCC2)c(C)c1N. The monoisotopic (exact) mass is 280 g/mol. The summed E-state index contributed by atoms with van der Waals surface area (Å²) in [4.78, 5) is 14.0. The Morgan fingerprint density at radius 3 is 2.65 bits per heavy atom. The third-order valence-corrected chi connectivity index (χ3v) is 4.02. The van der Waals surface area contributed by atoms with Crippen molar-refractivity contribution in [2.45, 2.75) is 33.2 Å². The number of aromatic nitrogens is 2. The maximum atomic E-state index is 12.3. The average molecular weight is 280 g/mol. The highest BCUT2D eigenvalue weighted by Gasteiger charge is 2.20. The third-order valence-electron chi connectivity index (χ3n) is 4.02. The fourth-order valence-electron chi connectivity index (χ4n) is 2.53. The predicted octanol–water partition coefficient (Wildman–Crippen LogP) is 0.967. The van der Waals surface area contributed by atoms with Gasteiger partial charge in [-0.15, -0.1) is 0 Å². The van der Waals surface area contributed by atoms with Gasteiger partial charge in [0.25, 0.3) is 0 Å². The van der Waals surface area contributed by atoms with Crippen molar-refractivity contribution in [1.82, 2.24) is 14.7 Å². The molecule has 0 saturated carbocycles. The number of carbonyl (C=O) groups excluding carboxylic acids is 1. The maximum absolute atomic E-state index is 12.3. The summed E-state index contributed by atoms with van der Waals surface area (Å²) in [6, 6.07) is 0. The summed E-state index contributed by atoms with van der Waals surface area (Å²) in [6.45, 7) is 6.40. The van der Waals surface area contributed by atoms with Gasteiger partial charge in [-0.3, -0.25) is 9.48 Å². The van der Waals surface area contributed by atoms with Crippen molar-refractivity contribution in [3.8, 4) is 0 Å². The van der Waals surface area contributed by atoms with Crippen LogP contribution in [0.2, 0.25) is 0 Å². The van der Waals surface area contributed by atoms with Gasteiger partial charge in [-0.05, 0) is 32.6 Å². The summed E-state index contributed by atoms with van der Waals surface area (Å²) < 4.78 is 7.03. The van der Waals surface area contributed by atoms with E-state index in [2.05, 4.69) is 5.10 Å². The molecule has 1 fully saturated rings. The lowest BCUT2D eigenvalue weighted by molar-refractivity contribution is -0.131. The molecule has 1 saturated heterocycles. The van der Waals surface area contributed by atoms with Gasteiger partial charge < -0.3 is 15.4 Å². The molecule has 0 bridgehead atoms. The summed E-state index contributed by atoms with van der Waals surface area (Å²) in [5.74, 6) is 0.616. The number of ether oxygens (including phenoxy) is 1. The van der Waals surface area contributed by atoms with E-state index in [1.165, 1.54) is 0 Å². The molecule has 2 heterocycles. The van der Waals surface area contributed by atoms with Crippen LogP contribution in [0, 0.1) is 19.8 Å². The van der Waals surface area contributed by atoms with Gasteiger partial charge in [0.1, 0.15) is 6.54 Å². The van der Waals surface area contributed by atoms with Crippen LogP contribution < -0.4 is 5.73 Å². The molecule has 1 aromatic heterocycles. The molecule has 1 amide bonds. The number of hydrogen-bond donors (Lipinski definition) is 1. The largest absolute Gasteiger partial charge is 0.396 e. The lowest BCUT2D eigenvalue weighted by Crippen LogP contribution is -2.36. The molecule has 20 heavy (non-hydrogen) atoms. The highest BCUT2D eigenvalue weighted by molar-refractivity contribution is 5.76. The molecular weight excluding hydrogens is 256 g/mol. The first kappa shape index (κ1) is 14.8. The van der Waals surface area contributed by atoms with Crippen LogP contribution in [0.3, 0.4) is 0 Å². The van der Waals surface area contributed by atoms with E-state index < -0.39 is 0 Å². The number of nitrogens with zero attached hydrogens (tertiary/aromatic N) is 3. The molecule has 112 valence electrons. The number of amides is 1. The zero-order chi connectivity index (χ0) is 14.7. The zero-order valence-corrected chi connectivity index (χ0v) is 12.6. The van der Waals surface area contributed by atoms with Crippen LogP contribution in [0.4, 0.5) is 5.69 Å². The Hall–Kier alpha value is -1.56. The second-order valence-electron chi connectivity index (χ2n) is 5.57. The smallest absolute Gasteiger partial charge is 0.244 e. The molecule has 1 aliphatic heterocycles. The van der Waals surface area contributed by atoms with Crippen molar-refractivity contribution in [3.05, 3.63) is 11.4 Å². The Morgan fingerprint density at radius 2 is 2.10 bits per heavy atom. The number of rotatable bonds is 4. The standard InChI is InChI=1S/C14H24N4O2/c1-10-14(15)11(2)18(16-10)9-13(19)17(3)8-12-4-6-20-7-5-12/h12H,4-9,15H2,1-3H3. The van der Waals surface area contributed by atoms with Crippen molar-refractivity contribution in [3.63, 3.8) is 0 Å². The summed E-state index contributed by atoms with van der Waals surface area (Å²) in [5, 5.41) is 4.30. The van der Waals surface area contributed by atoms with Crippen molar-refractivity contribution < 1.29 is 9.53 Å². The van der Waals surface area contributed by atoms with Gasteiger partial charge in [0, 0.05) is 26.8 Å². The number of anilines is 1. The minimum atomic E-state index is 0.0714. The van der Waals surface area contributed by atoms with E-state index in [0.29, 0.717) is 11.6 Å². The fourth-order valence-corrected chi connectivity index (χ4v) is 2.53. The third kappa shape index (κ3) is 3.30. The molecule has 0 spiro atoms. The van der Waals surface area contributed by atoms with Crippen LogP contribution in [0.5, 0.6) is 0 Å². The van der Waals surface area contributed by atoms with Crippen molar-refractivity contribution in [1.29, 1.82) is 0 Å². The average Bonchev–Trinajstić information content (AvgIpc) is 2.67. The Balaban J connectivity index is 1.91. The van der Waals surface area contributed by atoms with Gasteiger partial charge in [-0.2, -0.15) is 5.10 Å². The first-order chi connectivity index (χ1) is 9.49. The maximum Gasteiger partial charge on any atom is 0.244 e. The Morgan fingerprint density at radius 1 is 1.45 bits per heavy atom. The van der Waals surface area contributed by atoms with Gasteiger partial charge in [-0.1, -0.05) is 0 Å². The van der Waals surface area contributed by atoms with E-state index in [1.54, 1.807) is 9.58 Å². The lowest BCUT2D eigenvalue weighted by atomic mass is 10.00. The van der Waals surface area contributed by atoms with Crippen LogP contribution in [0.1, 0.15) is 24.2 Å².